The van der Waals surface area contributed by atoms with Crippen LogP contribution in [0.25, 0.3) is 6.08 Å². The molecular weight excluding hydrogens is 290 g/mol. The van der Waals surface area contributed by atoms with Gasteiger partial charge in [-0.2, -0.15) is 0 Å². The number of aromatic nitrogens is 2. The minimum atomic E-state index is -0.384. The van der Waals surface area contributed by atoms with Crippen molar-refractivity contribution in [3.05, 3.63) is 22.9 Å². The highest BCUT2D eigenvalue weighted by Gasteiger charge is 2.25. The van der Waals surface area contributed by atoms with Crippen molar-refractivity contribution in [2.75, 3.05) is 18.0 Å². The molecule has 8 heteroatoms. The van der Waals surface area contributed by atoms with Gasteiger partial charge >= 0.3 is 0 Å². The van der Waals surface area contributed by atoms with E-state index >= 15 is 0 Å². The van der Waals surface area contributed by atoms with Gasteiger partial charge in [-0.1, -0.05) is 0 Å². The number of thioether (sulfide) groups is 1. The molecule has 2 aliphatic heterocycles. The van der Waals surface area contributed by atoms with Gasteiger partial charge in [0, 0.05) is 25.3 Å². The predicted molar refractivity (Wildman–Crippen MR) is 80.6 cm³/mol. The van der Waals surface area contributed by atoms with Crippen LogP contribution in [-0.4, -0.2) is 40.2 Å². The maximum atomic E-state index is 11.5. The monoisotopic (exact) mass is 305 g/mol. The van der Waals surface area contributed by atoms with Crippen LogP contribution in [0.5, 0.6) is 0 Å². The number of anilines is 1. The number of nitrogens with one attached hydrogen (secondary N) is 1. The van der Waals surface area contributed by atoms with Crippen molar-refractivity contribution in [2.45, 2.75) is 18.9 Å². The molecule has 3 heterocycles. The lowest BCUT2D eigenvalue weighted by atomic mass is 10.1. The third kappa shape index (κ3) is 3.22. The molecule has 0 aliphatic carbocycles. The molecule has 3 rings (SSSR count). The molecule has 1 atom stereocenters. The first-order chi connectivity index (χ1) is 10.1. The molecule has 0 aromatic carbocycles. The summed E-state index contributed by atoms with van der Waals surface area (Å²) in [6, 6.07) is 1.84. The summed E-state index contributed by atoms with van der Waals surface area (Å²) in [5.41, 5.74) is 6.57. The SMILES string of the molecule is NC1CCCN(c2nccc(/C=C3\SC(=O)NC3=O)n2)C1. The van der Waals surface area contributed by atoms with Crippen LogP contribution < -0.4 is 16.0 Å². The van der Waals surface area contributed by atoms with E-state index in [9.17, 15) is 9.59 Å². The van der Waals surface area contributed by atoms with Gasteiger partial charge in [0.05, 0.1) is 10.6 Å². The summed E-state index contributed by atoms with van der Waals surface area (Å²) < 4.78 is 0. The molecule has 110 valence electrons. The van der Waals surface area contributed by atoms with Gasteiger partial charge in [-0.05, 0) is 36.7 Å². The second kappa shape index (κ2) is 5.82. The van der Waals surface area contributed by atoms with Crippen molar-refractivity contribution in [1.29, 1.82) is 0 Å². The fourth-order valence-electron chi connectivity index (χ4n) is 2.34. The number of imide groups is 1. The van der Waals surface area contributed by atoms with Crippen LogP contribution in [0, 0.1) is 0 Å². The number of hydrogen-bond acceptors (Lipinski definition) is 7. The van der Waals surface area contributed by atoms with Crippen LogP contribution in [-0.2, 0) is 4.79 Å². The first-order valence-corrected chi connectivity index (χ1v) is 7.52. The van der Waals surface area contributed by atoms with E-state index in [0.717, 1.165) is 37.7 Å². The number of nitrogens with zero attached hydrogens (tertiary/aromatic N) is 3. The Labute approximate surface area is 126 Å². The molecule has 7 nitrogen and oxygen atoms in total. The Morgan fingerprint density at radius 2 is 2.33 bits per heavy atom. The number of hydrogen-bond donors (Lipinski definition) is 2. The number of piperidine rings is 1. The largest absolute Gasteiger partial charge is 0.339 e. The zero-order chi connectivity index (χ0) is 14.8. The van der Waals surface area contributed by atoms with E-state index in [1.165, 1.54) is 0 Å². The van der Waals surface area contributed by atoms with E-state index in [1.54, 1.807) is 18.3 Å². The third-order valence-corrected chi connectivity index (χ3v) is 4.14. The molecule has 0 bridgehead atoms. The highest BCUT2D eigenvalue weighted by Crippen LogP contribution is 2.25. The highest BCUT2D eigenvalue weighted by atomic mass is 32.2. The first kappa shape index (κ1) is 14.0. The normalized spacial score (nSPS) is 24.5. The predicted octanol–water partition coefficient (Wildman–Crippen LogP) is 0.728. The van der Waals surface area contributed by atoms with Crippen molar-refractivity contribution in [1.82, 2.24) is 15.3 Å². The van der Waals surface area contributed by atoms with Crippen LogP contribution in [0.4, 0.5) is 10.7 Å². The Morgan fingerprint density at radius 3 is 3.05 bits per heavy atom. The van der Waals surface area contributed by atoms with Gasteiger partial charge in [0.15, 0.2) is 0 Å². The summed E-state index contributed by atoms with van der Waals surface area (Å²) >= 11 is 0.878. The molecule has 1 unspecified atom stereocenters. The average Bonchev–Trinajstić information content (AvgIpc) is 2.77. The molecule has 1 aromatic heterocycles. The first-order valence-electron chi connectivity index (χ1n) is 6.70. The van der Waals surface area contributed by atoms with E-state index in [1.807, 2.05) is 4.90 Å². The minimum Gasteiger partial charge on any atom is -0.339 e. The molecule has 0 radical (unpaired) electrons. The summed E-state index contributed by atoms with van der Waals surface area (Å²) in [5, 5.41) is 1.86. The number of carbonyl (C=O) groups is 2. The van der Waals surface area contributed by atoms with Crippen LogP contribution in [0.3, 0.4) is 0 Å². The number of nitrogens with two attached hydrogens (primary N) is 1. The van der Waals surface area contributed by atoms with E-state index in [2.05, 4.69) is 15.3 Å². The van der Waals surface area contributed by atoms with E-state index in [4.69, 9.17) is 5.73 Å². The van der Waals surface area contributed by atoms with Crippen molar-refractivity contribution < 1.29 is 9.59 Å². The van der Waals surface area contributed by atoms with Crippen molar-refractivity contribution >= 4 is 34.9 Å². The Kier molecular flexibility index (Phi) is 3.89. The molecule has 21 heavy (non-hydrogen) atoms. The zero-order valence-corrected chi connectivity index (χ0v) is 12.1. The lowest BCUT2D eigenvalue weighted by molar-refractivity contribution is -0.115. The van der Waals surface area contributed by atoms with E-state index in [-0.39, 0.29) is 17.2 Å². The second-order valence-corrected chi connectivity index (χ2v) is 6.00. The summed E-state index contributed by atoms with van der Waals surface area (Å²) in [6.07, 6.45) is 5.27. The van der Waals surface area contributed by atoms with Gasteiger partial charge < -0.3 is 10.6 Å². The van der Waals surface area contributed by atoms with Crippen molar-refractivity contribution in [2.24, 2.45) is 5.73 Å². The number of rotatable bonds is 2. The standard InChI is InChI=1S/C13H15N5O2S/c14-8-2-1-5-18(7-8)12-15-4-3-9(16-12)6-10-11(19)17-13(20)21-10/h3-4,6,8H,1-2,5,7,14H2,(H,17,19,20)/b10-6-. The average molecular weight is 305 g/mol. The molecular formula is C13H15N5O2S. The fraction of sp³-hybridized carbons (Fsp3) is 0.385. The molecule has 2 saturated heterocycles. The van der Waals surface area contributed by atoms with Crippen LogP contribution in [0.1, 0.15) is 18.5 Å². The Morgan fingerprint density at radius 1 is 1.48 bits per heavy atom. The Balaban J connectivity index is 1.82. The maximum Gasteiger partial charge on any atom is 0.290 e. The number of amides is 2. The smallest absolute Gasteiger partial charge is 0.290 e. The van der Waals surface area contributed by atoms with Gasteiger partial charge in [-0.3, -0.25) is 14.9 Å². The van der Waals surface area contributed by atoms with Gasteiger partial charge in [-0.15, -0.1) is 0 Å². The quantitative estimate of drug-likeness (QED) is 0.777. The van der Waals surface area contributed by atoms with Crippen molar-refractivity contribution in [3.63, 3.8) is 0 Å². The molecule has 2 amide bonds. The van der Waals surface area contributed by atoms with E-state index < -0.39 is 0 Å². The number of carbonyl (C=O) groups excluding carboxylic acids is 2. The fourth-order valence-corrected chi connectivity index (χ4v) is 3.01. The summed E-state index contributed by atoms with van der Waals surface area (Å²) in [6.45, 7) is 1.61. The summed E-state index contributed by atoms with van der Waals surface area (Å²) in [5.74, 6) is 0.222. The van der Waals surface area contributed by atoms with Gasteiger partial charge in [0.25, 0.3) is 11.1 Å². The zero-order valence-electron chi connectivity index (χ0n) is 11.3. The topological polar surface area (TPSA) is 101 Å². The van der Waals surface area contributed by atoms with E-state index in [0.29, 0.717) is 16.5 Å². The Hall–Kier alpha value is -1.93. The molecule has 0 spiro atoms. The maximum absolute atomic E-state index is 11.5. The Bertz CT molecular complexity index is 618. The van der Waals surface area contributed by atoms with Crippen LogP contribution >= 0.6 is 11.8 Å². The minimum absolute atomic E-state index is 0.137. The highest BCUT2D eigenvalue weighted by molar-refractivity contribution is 8.18. The van der Waals surface area contributed by atoms with Crippen LogP contribution in [0.2, 0.25) is 0 Å². The van der Waals surface area contributed by atoms with Gasteiger partial charge in [0.2, 0.25) is 5.95 Å². The molecule has 2 aliphatic rings. The third-order valence-electron chi connectivity index (χ3n) is 3.33. The molecule has 3 N–H and O–H groups in total. The van der Waals surface area contributed by atoms with Gasteiger partial charge in [-0.25, -0.2) is 9.97 Å². The molecule has 0 saturated carbocycles. The molecule has 2 fully saturated rings. The van der Waals surface area contributed by atoms with Crippen LogP contribution in [0.15, 0.2) is 17.2 Å². The second-order valence-electron chi connectivity index (χ2n) is 4.98. The van der Waals surface area contributed by atoms with Gasteiger partial charge in [0.1, 0.15) is 0 Å². The lowest BCUT2D eigenvalue weighted by Gasteiger charge is -2.30. The lowest BCUT2D eigenvalue weighted by Crippen LogP contribution is -2.43. The summed E-state index contributed by atoms with van der Waals surface area (Å²) in [4.78, 5) is 33.8. The molecule has 1 aromatic rings. The van der Waals surface area contributed by atoms with Crippen molar-refractivity contribution in [3.8, 4) is 0 Å². The summed E-state index contributed by atoms with van der Waals surface area (Å²) in [7, 11) is 0.